The fraction of sp³-hybridized carbons (Fsp3) is 0.385. The zero-order valence-electron chi connectivity index (χ0n) is 10.9. The monoisotopic (exact) mass is 252 g/mol. The van der Waals surface area contributed by atoms with Gasteiger partial charge in [0.15, 0.2) is 11.5 Å². The van der Waals surface area contributed by atoms with Crippen molar-refractivity contribution in [3.63, 3.8) is 0 Å². The number of methoxy groups -OCH3 is 1. The third kappa shape index (κ3) is 2.45. The number of ether oxygens (including phenoxy) is 2. The Balaban J connectivity index is 3.27. The van der Waals surface area contributed by atoms with E-state index in [1.807, 2.05) is 0 Å². The van der Waals surface area contributed by atoms with Crippen molar-refractivity contribution >= 4 is 11.8 Å². The van der Waals surface area contributed by atoms with E-state index in [0.717, 1.165) is 0 Å². The van der Waals surface area contributed by atoms with Gasteiger partial charge < -0.3 is 14.6 Å². The topological polar surface area (TPSA) is 72.8 Å². The fourth-order valence-electron chi connectivity index (χ4n) is 1.68. The minimum Gasteiger partial charge on any atom is -0.504 e. The lowest BCUT2D eigenvalue weighted by Gasteiger charge is -2.13. The summed E-state index contributed by atoms with van der Waals surface area (Å²) in [6.07, 6.45) is 0. The molecule has 0 fully saturated rings. The zero-order valence-corrected chi connectivity index (χ0v) is 10.9. The van der Waals surface area contributed by atoms with E-state index in [4.69, 9.17) is 4.74 Å². The second kappa shape index (κ2) is 5.53. The first-order valence-corrected chi connectivity index (χ1v) is 5.52. The van der Waals surface area contributed by atoms with Gasteiger partial charge in [0.05, 0.1) is 13.7 Å². The number of carbonyl (C=O) groups is 2. The maximum atomic E-state index is 11.8. The predicted molar refractivity (Wildman–Crippen MR) is 65.1 cm³/mol. The molecule has 0 amide bonds. The lowest BCUT2D eigenvalue weighted by Crippen LogP contribution is -2.19. The SMILES string of the molecule is CCOC(=O)C(=O)c1cc(O)c(OC)c(C)c1C. The highest BCUT2D eigenvalue weighted by molar-refractivity contribution is 6.41. The van der Waals surface area contributed by atoms with Gasteiger partial charge in [0.2, 0.25) is 0 Å². The maximum absolute atomic E-state index is 11.8. The molecule has 0 aromatic heterocycles. The molecule has 0 saturated heterocycles. The predicted octanol–water partition coefficient (Wildman–Crippen LogP) is 1.76. The zero-order chi connectivity index (χ0) is 13.9. The third-order valence-electron chi connectivity index (χ3n) is 2.73. The summed E-state index contributed by atoms with van der Waals surface area (Å²) in [4.78, 5) is 23.2. The Labute approximate surface area is 105 Å². The molecule has 1 N–H and O–H groups in total. The van der Waals surface area contributed by atoms with E-state index < -0.39 is 11.8 Å². The van der Waals surface area contributed by atoms with Crippen LogP contribution in [0.25, 0.3) is 0 Å². The Morgan fingerprint density at radius 1 is 1.28 bits per heavy atom. The van der Waals surface area contributed by atoms with E-state index in [-0.39, 0.29) is 17.9 Å². The van der Waals surface area contributed by atoms with Crippen LogP contribution in [0.15, 0.2) is 6.07 Å². The van der Waals surface area contributed by atoms with Crippen molar-refractivity contribution in [3.05, 3.63) is 22.8 Å². The molecule has 0 spiro atoms. The van der Waals surface area contributed by atoms with E-state index in [9.17, 15) is 14.7 Å². The van der Waals surface area contributed by atoms with Crippen LogP contribution in [0.1, 0.15) is 28.4 Å². The highest BCUT2D eigenvalue weighted by atomic mass is 16.5. The van der Waals surface area contributed by atoms with E-state index in [2.05, 4.69) is 4.74 Å². The molecule has 0 radical (unpaired) electrons. The number of carbonyl (C=O) groups excluding carboxylic acids is 2. The number of hydrogen-bond donors (Lipinski definition) is 1. The standard InChI is InChI=1S/C13H16O5/c1-5-18-13(16)11(15)9-6-10(14)12(17-4)8(3)7(9)2/h6,14H,5H2,1-4H3. The molecule has 0 unspecified atom stereocenters. The Hall–Kier alpha value is -2.04. The molecular weight excluding hydrogens is 236 g/mol. The number of rotatable bonds is 4. The van der Waals surface area contributed by atoms with Crippen LogP contribution in [-0.2, 0) is 9.53 Å². The van der Waals surface area contributed by atoms with Crippen molar-refractivity contribution in [2.75, 3.05) is 13.7 Å². The average molecular weight is 252 g/mol. The van der Waals surface area contributed by atoms with Crippen molar-refractivity contribution in [2.45, 2.75) is 20.8 Å². The smallest absolute Gasteiger partial charge is 0.379 e. The summed E-state index contributed by atoms with van der Waals surface area (Å²) >= 11 is 0. The molecule has 0 aliphatic rings. The number of aromatic hydroxyl groups is 1. The Morgan fingerprint density at radius 2 is 1.89 bits per heavy atom. The number of phenols is 1. The van der Waals surface area contributed by atoms with Crippen LogP contribution in [0, 0.1) is 13.8 Å². The Kier molecular flexibility index (Phi) is 4.31. The first kappa shape index (κ1) is 14.0. The van der Waals surface area contributed by atoms with Crippen molar-refractivity contribution in [1.82, 2.24) is 0 Å². The molecule has 1 aromatic rings. The fourth-order valence-corrected chi connectivity index (χ4v) is 1.68. The lowest BCUT2D eigenvalue weighted by atomic mass is 9.98. The van der Waals surface area contributed by atoms with E-state index in [0.29, 0.717) is 16.9 Å². The van der Waals surface area contributed by atoms with Crippen LogP contribution in [0.3, 0.4) is 0 Å². The molecule has 0 aliphatic carbocycles. The highest BCUT2D eigenvalue weighted by Crippen LogP contribution is 2.34. The van der Waals surface area contributed by atoms with Crippen LogP contribution in [0.2, 0.25) is 0 Å². The van der Waals surface area contributed by atoms with E-state index >= 15 is 0 Å². The van der Waals surface area contributed by atoms with Gasteiger partial charge in [-0.05, 0) is 38.0 Å². The number of ketones is 1. The van der Waals surface area contributed by atoms with Crippen LogP contribution >= 0.6 is 0 Å². The summed E-state index contributed by atoms with van der Waals surface area (Å²) in [5.41, 5.74) is 1.33. The summed E-state index contributed by atoms with van der Waals surface area (Å²) in [5, 5.41) is 9.73. The van der Waals surface area contributed by atoms with Gasteiger partial charge in [-0.1, -0.05) is 0 Å². The van der Waals surface area contributed by atoms with Gasteiger partial charge >= 0.3 is 5.97 Å². The molecule has 5 heteroatoms. The molecule has 0 heterocycles. The van der Waals surface area contributed by atoms with E-state index in [1.165, 1.54) is 13.2 Å². The number of benzene rings is 1. The Morgan fingerprint density at radius 3 is 2.39 bits per heavy atom. The van der Waals surface area contributed by atoms with Crippen LogP contribution in [0.4, 0.5) is 0 Å². The normalized spacial score (nSPS) is 10.0. The van der Waals surface area contributed by atoms with Gasteiger partial charge in [0.1, 0.15) is 0 Å². The maximum Gasteiger partial charge on any atom is 0.379 e. The minimum absolute atomic E-state index is 0.129. The quantitative estimate of drug-likeness (QED) is 0.502. The minimum atomic E-state index is -0.926. The first-order chi connectivity index (χ1) is 8.43. The van der Waals surface area contributed by atoms with Crippen molar-refractivity contribution in [1.29, 1.82) is 0 Å². The second-order valence-electron chi connectivity index (χ2n) is 3.78. The molecule has 1 rings (SSSR count). The third-order valence-corrected chi connectivity index (χ3v) is 2.73. The number of phenolic OH excluding ortho intramolecular Hbond substituents is 1. The van der Waals surface area contributed by atoms with Gasteiger partial charge in [0.25, 0.3) is 5.78 Å². The molecule has 5 nitrogen and oxygen atoms in total. The van der Waals surface area contributed by atoms with Crippen LogP contribution in [0.5, 0.6) is 11.5 Å². The lowest BCUT2D eigenvalue weighted by molar-refractivity contribution is -0.137. The van der Waals surface area contributed by atoms with Crippen molar-refractivity contribution in [2.24, 2.45) is 0 Å². The molecule has 0 atom stereocenters. The number of hydrogen-bond acceptors (Lipinski definition) is 5. The van der Waals surface area contributed by atoms with Gasteiger partial charge in [0, 0.05) is 5.56 Å². The summed E-state index contributed by atoms with van der Waals surface area (Å²) < 4.78 is 9.67. The van der Waals surface area contributed by atoms with Crippen LogP contribution in [-0.4, -0.2) is 30.6 Å². The van der Waals surface area contributed by atoms with Crippen molar-refractivity contribution in [3.8, 4) is 11.5 Å². The molecule has 1 aromatic carbocycles. The van der Waals surface area contributed by atoms with Gasteiger partial charge in [-0.2, -0.15) is 0 Å². The first-order valence-electron chi connectivity index (χ1n) is 5.52. The summed E-state index contributed by atoms with van der Waals surface area (Å²) in [7, 11) is 1.42. The van der Waals surface area contributed by atoms with Crippen molar-refractivity contribution < 1.29 is 24.2 Å². The summed E-state index contributed by atoms with van der Waals surface area (Å²) in [6.45, 7) is 5.14. The van der Waals surface area contributed by atoms with Gasteiger partial charge in [-0.3, -0.25) is 4.79 Å². The molecule has 0 aliphatic heterocycles. The van der Waals surface area contributed by atoms with Gasteiger partial charge in [-0.25, -0.2) is 4.79 Å². The molecule has 18 heavy (non-hydrogen) atoms. The summed E-state index contributed by atoms with van der Waals surface area (Å²) in [5.74, 6) is -1.57. The summed E-state index contributed by atoms with van der Waals surface area (Å²) in [6, 6.07) is 1.22. The number of esters is 1. The van der Waals surface area contributed by atoms with Crippen LogP contribution < -0.4 is 4.74 Å². The number of Topliss-reactive ketones (excluding diaryl/α,β-unsaturated/α-hetero) is 1. The molecule has 0 bridgehead atoms. The molecule has 98 valence electrons. The second-order valence-corrected chi connectivity index (χ2v) is 3.78. The van der Waals surface area contributed by atoms with Gasteiger partial charge in [-0.15, -0.1) is 0 Å². The largest absolute Gasteiger partial charge is 0.504 e. The average Bonchev–Trinajstić information content (AvgIpc) is 2.34. The Bertz CT molecular complexity index is 491. The molecule has 0 saturated carbocycles. The highest BCUT2D eigenvalue weighted by Gasteiger charge is 2.23. The van der Waals surface area contributed by atoms with E-state index in [1.54, 1.807) is 20.8 Å². The molecular formula is C13H16O5.